The van der Waals surface area contributed by atoms with Gasteiger partial charge in [-0.05, 0) is 31.6 Å². The molecule has 14 heavy (non-hydrogen) atoms. The SMILES string of the molecule is CC1CCN(C(=N)C2CCCC2)CC1. The van der Waals surface area contributed by atoms with E-state index >= 15 is 0 Å². The summed E-state index contributed by atoms with van der Waals surface area (Å²) in [6, 6.07) is 0. The van der Waals surface area contributed by atoms with Crippen LogP contribution >= 0.6 is 0 Å². The van der Waals surface area contributed by atoms with Crippen molar-refractivity contribution in [3.63, 3.8) is 0 Å². The maximum Gasteiger partial charge on any atom is 0.0989 e. The number of nitrogens with zero attached hydrogens (tertiary/aromatic N) is 1. The summed E-state index contributed by atoms with van der Waals surface area (Å²) in [6.07, 6.45) is 7.80. The zero-order valence-electron chi connectivity index (χ0n) is 9.26. The van der Waals surface area contributed by atoms with E-state index in [1.165, 1.54) is 38.5 Å². The fourth-order valence-corrected chi connectivity index (χ4v) is 2.71. The van der Waals surface area contributed by atoms with Gasteiger partial charge < -0.3 is 4.90 Å². The molecule has 0 aromatic rings. The second-order valence-corrected chi connectivity index (χ2v) is 5.04. The molecule has 2 aliphatic rings. The molecule has 0 spiro atoms. The van der Waals surface area contributed by atoms with Crippen molar-refractivity contribution in [3.05, 3.63) is 0 Å². The Balaban J connectivity index is 1.85. The maximum absolute atomic E-state index is 8.17. The van der Waals surface area contributed by atoms with Crippen LogP contribution in [0.4, 0.5) is 0 Å². The first-order valence-electron chi connectivity index (χ1n) is 6.11. The monoisotopic (exact) mass is 194 g/mol. The molecule has 1 aliphatic heterocycles. The molecule has 0 aromatic heterocycles. The van der Waals surface area contributed by atoms with Crippen LogP contribution < -0.4 is 0 Å². The van der Waals surface area contributed by atoms with E-state index in [4.69, 9.17) is 5.41 Å². The molecule has 2 nitrogen and oxygen atoms in total. The molecule has 80 valence electrons. The number of likely N-dealkylation sites (tertiary alicyclic amines) is 1. The highest BCUT2D eigenvalue weighted by Crippen LogP contribution is 2.28. The molecule has 1 saturated carbocycles. The molecule has 0 radical (unpaired) electrons. The zero-order chi connectivity index (χ0) is 9.97. The van der Waals surface area contributed by atoms with E-state index < -0.39 is 0 Å². The molecule has 2 rings (SSSR count). The van der Waals surface area contributed by atoms with Crippen molar-refractivity contribution in [1.29, 1.82) is 5.41 Å². The molecule has 1 aliphatic carbocycles. The standard InChI is InChI=1S/C12H22N2/c1-10-6-8-14(9-7-10)12(13)11-4-2-3-5-11/h10-11,13H,2-9H2,1H3. The number of nitrogens with one attached hydrogen (secondary N) is 1. The van der Waals surface area contributed by atoms with Crippen molar-refractivity contribution in [2.24, 2.45) is 11.8 Å². The summed E-state index contributed by atoms with van der Waals surface area (Å²) in [4.78, 5) is 2.33. The fourth-order valence-electron chi connectivity index (χ4n) is 2.71. The van der Waals surface area contributed by atoms with E-state index in [2.05, 4.69) is 11.8 Å². The molecule has 2 heteroatoms. The third-order valence-electron chi connectivity index (χ3n) is 3.87. The highest BCUT2D eigenvalue weighted by atomic mass is 15.2. The second-order valence-electron chi connectivity index (χ2n) is 5.04. The van der Waals surface area contributed by atoms with Crippen molar-refractivity contribution < 1.29 is 0 Å². The average molecular weight is 194 g/mol. The third kappa shape index (κ3) is 2.10. The Bertz CT molecular complexity index is 198. The van der Waals surface area contributed by atoms with E-state index in [1.807, 2.05) is 0 Å². The summed E-state index contributed by atoms with van der Waals surface area (Å²) in [5.74, 6) is 2.43. The summed E-state index contributed by atoms with van der Waals surface area (Å²) in [5, 5.41) is 8.17. The normalized spacial score (nSPS) is 25.6. The van der Waals surface area contributed by atoms with Crippen LogP contribution in [0.1, 0.15) is 45.4 Å². The van der Waals surface area contributed by atoms with Gasteiger partial charge in [-0.25, -0.2) is 0 Å². The molecule has 0 atom stereocenters. The minimum Gasteiger partial charge on any atom is -0.360 e. The first-order chi connectivity index (χ1) is 6.77. The van der Waals surface area contributed by atoms with Gasteiger partial charge in [0.15, 0.2) is 0 Å². The number of hydrogen-bond acceptors (Lipinski definition) is 1. The number of piperidine rings is 1. The van der Waals surface area contributed by atoms with Crippen molar-refractivity contribution in [2.45, 2.75) is 45.4 Å². The number of hydrogen-bond donors (Lipinski definition) is 1. The van der Waals surface area contributed by atoms with Crippen molar-refractivity contribution in [1.82, 2.24) is 4.90 Å². The minimum absolute atomic E-state index is 0.600. The van der Waals surface area contributed by atoms with E-state index in [1.54, 1.807) is 0 Å². The molecule has 0 unspecified atom stereocenters. The van der Waals surface area contributed by atoms with Gasteiger partial charge in [-0.15, -0.1) is 0 Å². The van der Waals surface area contributed by atoms with Gasteiger partial charge in [0.1, 0.15) is 0 Å². The van der Waals surface area contributed by atoms with Crippen LogP contribution in [0.3, 0.4) is 0 Å². The quantitative estimate of drug-likeness (QED) is 0.504. The lowest BCUT2D eigenvalue weighted by Crippen LogP contribution is -2.40. The number of rotatable bonds is 1. The molecule has 0 bridgehead atoms. The highest BCUT2D eigenvalue weighted by Gasteiger charge is 2.25. The molecule has 1 heterocycles. The van der Waals surface area contributed by atoms with Crippen LogP contribution in [-0.2, 0) is 0 Å². The van der Waals surface area contributed by atoms with Crippen LogP contribution in [0, 0.1) is 17.2 Å². The minimum atomic E-state index is 0.600. The second kappa shape index (κ2) is 4.33. The molecule has 2 fully saturated rings. The smallest absolute Gasteiger partial charge is 0.0989 e. The van der Waals surface area contributed by atoms with Crippen molar-refractivity contribution in [3.8, 4) is 0 Å². The van der Waals surface area contributed by atoms with Crippen LogP contribution in [0.2, 0.25) is 0 Å². The maximum atomic E-state index is 8.17. The predicted molar refractivity (Wildman–Crippen MR) is 59.7 cm³/mol. The summed E-state index contributed by atoms with van der Waals surface area (Å²) in [7, 11) is 0. The lowest BCUT2D eigenvalue weighted by atomic mass is 9.97. The Hall–Kier alpha value is -0.530. The van der Waals surface area contributed by atoms with Crippen LogP contribution in [0.25, 0.3) is 0 Å². The van der Waals surface area contributed by atoms with E-state index in [0.717, 1.165) is 24.8 Å². The summed E-state index contributed by atoms with van der Waals surface area (Å²) in [5.41, 5.74) is 0. The number of amidine groups is 1. The summed E-state index contributed by atoms with van der Waals surface area (Å²) >= 11 is 0. The third-order valence-corrected chi connectivity index (χ3v) is 3.87. The molecular formula is C12H22N2. The Morgan fingerprint density at radius 1 is 1.07 bits per heavy atom. The van der Waals surface area contributed by atoms with Gasteiger partial charge in [0.25, 0.3) is 0 Å². The molecule has 0 amide bonds. The molecular weight excluding hydrogens is 172 g/mol. The van der Waals surface area contributed by atoms with Gasteiger partial charge in [-0.1, -0.05) is 19.8 Å². The van der Waals surface area contributed by atoms with Crippen LogP contribution in [-0.4, -0.2) is 23.8 Å². The Morgan fingerprint density at radius 3 is 2.21 bits per heavy atom. The van der Waals surface area contributed by atoms with Gasteiger partial charge in [0, 0.05) is 19.0 Å². The highest BCUT2D eigenvalue weighted by molar-refractivity contribution is 5.82. The fraction of sp³-hybridized carbons (Fsp3) is 0.917. The van der Waals surface area contributed by atoms with Gasteiger partial charge in [-0.2, -0.15) is 0 Å². The lowest BCUT2D eigenvalue weighted by Gasteiger charge is -2.34. The Kier molecular flexibility index (Phi) is 3.09. The van der Waals surface area contributed by atoms with Crippen LogP contribution in [0.5, 0.6) is 0 Å². The van der Waals surface area contributed by atoms with Gasteiger partial charge in [0.2, 0.25) is 0 Å². The summed E-state index contributed by atoms with van der Waals surface area (Å²) in [6.45, 7) is 4.60. The molecule has 1 saturated heterocycles. The van der Waals surface area contributed by atoms with Crippen molar-refractivity contribution >= 4 is 5.84 Å². The zero-order valence-corrected chi connectivity index (χ0v) is 9.26. The van der Waals surface area contributed by atoms with Gasteiger partial charge >= 0.3 is 0 Å². The first kappa shape index (κ1) is 10.0. The Morgan fingerprint density at radius 2 is 1.64 bits per heavy atom. The first-order valence-corrected chi connectivity index (χ1v) is 6.11. The average Bonchev–Trinajstić information content (AvgIpc) is 2.71. The predicted octanol–water partition coefficient (Wildman–Crippen LogP) is 2.89. The van der Waals surface area contributed by atoms with Crippen LogP contribution in [0.15, 0.2) is 0 Å². The van der Waals surface area contributed by atoms with Crippen molar-refractivity contribution in [2.75, 3.05) is 13.1 Å². The topological polar surface area (TPSA) is 27.1 Å². The largest absolute Gasteiger partial charge is 0.360 e. The Labute approximate surface area is 87.2 Å². The lowest BCUT2D eigenvalue weighted by molar-refractivity contribution is 0.268. The molecule has 0 aromatic carbocycles. The van der Waals surface area contributed by atoms with E-state index in [0.29, 0.717) is 5.92 Å². The van der Waals surface area contributed by atoms with Gasteiger partial charge in [-0.3, -0.25) is 5.41 Å². The molecule has 1 N–H and O–H groups in total. The van der Waals surface area contributed by atoms with Gasteiger partial charge in [0.05, 0.1) is 5.84 Å². The summed E-state index contributed by atoms with van der Waals surface area (Å²) < 4.78 is 0. The van der Waals surface area contributed by atoms with E-state index in [-0.39, 0.29) is 0 Å². The van der Waals surface area contributed by atoms with E-state index in [9.17, 15) is 0 Å².